The Bertz CT molecular complexity index is 573. The Hall–Kier alpha value is -2.18. The van der Waals surface area contributed by atoms with Gasteiger partial charge < -0.3 is 9.47 Å². The second kappa shape index (κ2) is 7.42. The quantitative estimate of drug-likeness (QED) is 0.753. The van der Waals surface area contributed by atoms with Crippen molar-refractivity contribution in [2.75, 3.05) is 13.2 Å². The highest BCUT2D eigenvalue weighted by Gasteiger charge is 1.96. The molecular formula is C16H14ClNO2. The Morgan fingerprint density at radius 1 is 0.850 bits per heavy atom. The van der Waals surface area contributed by atoms with Crippen LogP contribution in [0.4, 0.5) is 0 Å². The number of rotatable bonds is 6. The first-order valence-electron chi connectivity index (χ1n) is 6.29. The van der Waals surface area contributed by atoms with E-state index >= 15 is 0 Å². The predicted molar refractivity (Wildman–Crippen MR) is 78.2 cm³/mol. The Kier molecular flexibility index (Phi) is 5.28. The molecule has 0 unspecified atom stereocenters. The van der Waals surface area contributed by atoms with Crippen molar-refractivity contribution in [3.05, 3.63) is 59.1 Å². The van der Waals surface area contributed by atoms with Gasteiger partial charge in [-0.15, -0.1) is 0 Å². The van der Waals surface area contributed by atoms with Crippen LogP contribution in [-0.4, -0.2) is 13.2 Å². The maximum Gasteiger partial charge on any atom is 0.119 e. The van der Waals surface area contributed by atoms with E-state index in [1.54, 1.807) is 36.4 Å². The van der Waals surface area contributed by atoms with Crippen molar-refractivity contribution in [3.63, 3.8) is 0 Å². The molecule has 0 atom stereocenters. The molecule has 0 fully saturated rings. The summed E-state index contributed by atoms with van der Waals surface area (Å²) in [5, 5.41) is 9.38. The minimum atomic E-state index is 0.569. The lowest BCUT2D eigenvalue weighted by atomic mass is 10.2. The molecule has 2 aromatic carbocycles. The van der Waals surface area contributed by atoms with Gasteiger partial charge in [-0.25, -0.2) is 0 Å². The molecule has 2 rings (SSSR count). The van der Waals surface area contributed by atoms with E-state index in [2.05, 4.69) is 6.07 Å². The van der Waals surface area contributed by atoms with Crippen LogP contribution in [0.25, 0.3) is 0 Å². The second-order valence-corrected chi connectivity index (χ2v) is 4.58. The molecule has 0 spiro atoms. The first-order chi connectivity index (χ1) is 9.78. The average Bonchev–Trinajstić information content (AvgIpc) is 2.49. The molecule has 0 bridgehead atoms. The lowest BCUT2D eigenvalue weighted by Crippen LogP contribution is -2.04. The van der Waals surface area contributed by atoms with Crippen molar-refractivity contribution < 1.29 is 9.47 Å². The smallest absolute Gasteiger partial charge is 0.119 e. The van der Waals surface area contributed by atoms with Crippen LogP contribution < -0.4 is 9.47 Å². The van der Waals surface area contributed by atoms with Gasteiger partial charge in [0.05, 0.1) is 24.8 Å². The Morgan fingerprint density at radius 3 is 1.85 bits per heavy atom. The normalized spacial score (nSPS) is 9.80. The first-order valence-corrected chi connectivity index (χ1v) is 6.67. The predicted octanol–water partition coefficient (Wildman–Crippen LogP) is 4.06. The summed E-state index contributed by atoms with van der Waals surface area (Å²) in [4.78, 5) is 0. The molecule has 0 aliphatic rings. The van der Waals surface area contributed by atoms with E-state index in [1.165, 1.54) is 0 Å². The molecule has 0 aliphatic carbocycles. The molecule has 0 saturated carbocycles. The van der Waals surface area contributed by atoms with Crippen LogP contribution in [0.15, 0.2) is 48.5 Å². The van der Waals surface area contributed by atoms with Crippen LogP contribution in [0.5, 0.6) is 11.5 Å². The SMILES string of the molecule is N#Cc1ccc(OCCCOc2ccc(Cl)cc2)cc1. The molecule has 0 aromatic heterocycles. The summed E-state index contributed by atoms with van der Waals surface area (Å²) >= 11 is 5.79. The fourth-order valence-electron chi connectivity index (χ4n) is 1.60. The number of nitrogens with zero attached hydrogens (tertiary/aromatic N) is 1. The molecule has 0 amide bonds. The van der Waals surface area contributed by atoms with E-state index in [0.717, 1.165) is 17.9 Å². The fraction of sp³-hybridized carbons (Fsp3) is 0.188. The van der Waals surface area contributed by atoms with Crippen molar-refractivity contribution >= 4 is 11.6 Å². The lowest BCUT2D eigenvalue weighted by Gasteiger charge is -2.08. The summed E-state index contributed by atoms with van der Waals surface area (Å²) in [6.45, 7) is 1.15. The third-order valence-electron chi connectivity index (χ3n) is 2.62. The van der Waals surface area contributed by atoms with Gasteiger partial charge in [-0.3, -0.25) is 0 Å². The summed E-state index contributed by atoms with van der Waals surface area (Å²) in [5.74, 6) is 1.56. The summed E-state index contributed by atoms with van der Waals surface area (Å²) in [5.41, 5.74) is 0.628. The monoisotopic (exact) mass is 287 g/mol. The first kappa shape index (κ1) is 14.2. The van der Waals surface area contributed by atoms with Crippen LogP contribution in [0, 0.1) is 11.3 Å². The standard InChI is InChI=1S/C16H14ClNO2/c17-14-4-8-16(9-5-14)20-11-1-10-19-15-6-2-13(12-18)3-7-15/h2-9H,1,10-11H2. The van der Waals surface area contributed by atoms with Gasteiger partial charge in [-0.1, -0.05) is 11.6 Å². The molecule has 0 N–H and O–H groups in total. The molecule has 102 valence electrons. The largest absolute Gasteiger partial charge is 0.493 e. The number of hydrogen-bond acceptors (Lipinski definition) is 3. The Labute approximate surface area is 123 Å². The highest BCUT2D eigenvalue weighted by atomic mass is 35.5. The van der Waals surface area contributed by atoms with Crippen LogP contribution >= 0.6 is 11.6 Å². The van der Waals surface area contributed by atoms with Gasteiger partial charge in [0, 0.05) is 11.4 Å². The topological polar surface area (TPSA) is 42.2 Å². The maximum absolute atomic E-state index is 8.68. The number of nitriles is 1. The maximum atomic E-state index is 8.68. The zero-order valence-electron chi connectivity index (χ0n) is 10.9. The molecule has 2 aromatic rings. The lowest BCUT2D eigenvalue weighted by molar-refractivity contribution is 0.247. The summed E-state index contributed by atoms with van der Waals surface area (Å²) in [7, 11) is 0. The van der Waals surface area contributed by atoms with E-state index in [0.29, 0.717) is 23.8 Å². The highest BCUT2D eigenvalue weighted by molar-refractivity contribution is 6.30. The van der Waals surface area contributed by atoms with Gasteiger partial charge in [0.2, 0.25) is 0 Å². The third-order valence-corrected chi connectivity index (χ3v) is 2.88. The van der Waals surface area contributed by atoms with Gasteiger partial charge in [0.25, 0.3) is 0 Å². The minimum Gasteiger partial charge on any atom is -0.493 e. The molecule has 0 heterocycles. The van der Waals surface area contributed by atoms with Crippen molar-refractivity contribution in [1.82, 2.24) is 0 Å². The molecule has 20 heavy (non-hydrogen) atoms. The Morgan fingerprint density at radius 2 is 1.35 bits per heavy atom. The summed E-state index contributed by atoms with van der Waals surface area (Å²) in [6, 6.07) is 16.4. The van der Waals surface area contributed by atoms with Crippen LogP contribution in [0.3, 0.4) is 0 Å². The van der Waals surface area contributed by atoms with E-state index in [9.17, 15) is 0 Å². The molecule has 0 saturated heterocycles. The van der Waals surface area contributed by atoms with E-state index in [4.69, 9.17) is 26.3 Å². The fourth-order valence-corrected chi connectivity index (χ4v) is 1.72. The summed E-state index contributed by atoms with van der Waals surface area (Å²) < 4.78 is 11.1. The Balaban J connectivity index is 1.66. The molecular weight excluding hydrogens is 274 g/mol. The van der Waals surface area contributed by atoms with Gasteiger partial charge in [-0.05, 0) is 48.5 Å². The van der Waals surface area contributed by atoms with Gasteiger partial charge in [0.15, 0.2) is 0 Å². The zero-order chi connectivity index (χ0) is 14.2. The zero-order valence-corrected chi connectivity index (χ0v) is 11.6. The van der Waals surface area contributed by atoms with E-state index < -0.39 is 0 Å². The van der Waals surface area contributed by atoms with Crippen molar-refractivity contribution in [1.29, 1.82) is 5.26 Å². The third kappa shape index (κ3) is 4.49. The molecule has 0 radical (unpaired) electrons. The average molecular weight is 288 g/mol. The van der Waals surface area contributed by atoms with Crippen molar-refractivity contribution in [3.8, 4) is 17.6 Å². The second-order valence-electron chi connectivity index (χ2n) is 4.14. The number of hydrogen-bond donors (Lipinski definition) is 0. The highest BCUT2D eigenvalue weighted by Crippen LogP contribution is 2.16. The van der Waals surface area contributed by atoms with Crippen molar-refractivity contribution in [2.45, 2.75) is 6.42 Å². The van der Waals surface area contributed by atoms with Gasteiger partial charge in [0.1, 0.15) is 11.5 Å². The number of halogens is 1. The number of ether oxygens (including phenoxy) is 2. The molecule has 0 aliphatic heterocycles. The van der Waals surface area contributed by atoms with Crippen molar-refractivity contribution in [2.24, 2.45) is 0 Å². The number of benzene rings is 2. The van der Waals surface area contributed by atoms with Crippen LogP contribution in [0.2, 0.25) is 5.02 Å². The molecule has 3 nitrogen and oxygen atoms in total. The van der Waals surface area contributed by atoms with Crippen LogP contribution in [-0.2, 0) is 0 Å². The molecule has 4 heteroatoms. The van der Waals surface area contributed by atoms with E-state index in [1.807, 2.05) is 12.1 Å². The minimum absolute atomic E-state index is 0.569. The van der Waals surface area contributed by atoms with Gasteiger partial charge >= 0.3 is 0 Å². The van der Waals surface area contributed by atoms with Gasteiger partial charge in [-0.2, -0.15) is 5.26 Å². The summed E-state index contributed by atoms with van der Waals surface area (Å²) in [6.07, 6.45) is 0.780. The van der Waals surface area contributed by atoms with Crippen LogP contribution in [0.1, 0.15) is 12.0 Å². The van der Waals surface area contributed by atoms with E-state index in [-0.39, 0.29) is 0 Å².